The molecular formula is C18H28F3N5O2S. The smallest absolute Gasteiger partial charge is 0.368 e. The topological polar surface area (TPSA) is 77.0 Å². The van der Waals surface area contributed by atoms with E-state index in [0.717, 1.165) is 12.3 Å². The largest absolute Gasteiger partial charge is 0.416 e. The third-order valence-corrected chi connectivity index (χ3v) is 5.40. The van der Waals surface area contributed by atoms with Crippen molar-refractivity contribution in [2.75, 3.05) is 50.9 Å². The summed E-state index contributed by atoms with van der Waals surface area (Å²) in [7, 11) is -1.71. The van der Waals surface area contributed by atoms with Crippen LogP contribution < -0.4 is 14.9 Å². The van der Waals surface area contributed by atoms with Gasteiger partial charge in [-0.1, -0.05) is 6.07 Å². The molecule has 2 rings (SSSR count). The summed E-state index contributed by atoms with van der Waals surface area (Å²) in [4.78, 5) is 8.15. The van der Waals surface area contributed by atoms with E-state index in [0.29, 0.717) is 44.4 Å². The maximum atomic E-state index is 12.9. The van der Waals surface area contributed by atoms with Gasteiger partial charge in [0.25, 0.3) is 0 Å². The normalized spacial score (nSPS) is 16.9. The molecule has 11 heteroatoms. The molecule has 0 aliphatic carbocycles. The van der Waals surface area contributed by atoms with Crippen LogP contribution in [0.3, 0.4) is 0 Å². The fraction of sp³-hybridized carbons (Fsp3) is 0.611. The quantitative estimate of drug-likeness (QED) is 0.544. The van der Waals surface area contributed by atoms with E-state index in [-0.39, 0.29) is 0 Å². The van der Waals surface area contributed by atoms with Gasteiger partial charge in [0, 0.05) is 51.0 Å². The van der Waals surface area contributed by atoms with Crippen LogP contribution in [-0.4, -0.2) is 70.8 Å². The van der Waals surface area contributed by atoms with Gasteiger partial charge in [0.15, 0.2) is 5.96 Å². The molecule has 1 aliphatic heterocycles. The average Bonchev–Trinajstić information content (AvgIpc) is 2.60. The van der Waals surface area contributed by atoms with Gasteiger partial charge in [0.1, 0.15) is 0 Å². The van der Waals surface area contributed by atoms with Crippen molar-refractivity contribution < 1.29 is 21.6 Å². The van der Waals surface area contributed by atoms with Crippen LogP contribution in [0, 0.1) is 0 Å². The Balaban J connectivity index is 1.95. The molecule has 0 bridgehead atoms. The van der Waals surface area contributed by atoms with E-state index in [2.05, 4.69) is 15.0 Å². The predicted molar refractivity (Wildman–Crippen MR) is 109 cm³/mol. The molecule has 1 fully saturated rings. The maximum Gasteiger partial charge on any atom is 0.416 e. The Morgan fingerprint density at radius 2 is 1.79 bits per heavy atom. The Kier molecular flexibility index (Phi) is 7.05. The summed E-state index contributed by atoms with van der Waals surface area (Å²) < 4.78 is 64.3. The highest BCUT2D eigenvalue weighted by Crippen LogP contribution is 2.31. The van der Waals surface area contributed by atoms with Crippen LogP contribution in [0.4, 0.5) is 18.9 Å². The Labute approximate surface area is 170 Å². The molecule has 0 unspecified atom stereocenters. The zero-order valence-corrected chi connectivity index (χ0v) is 17.9. The van der Waals surface area contributed by atoms with Gasteiger partial charge in [-0.25, -0.2) is 13.1 Å². The molecular weight excluding hydrogens is 407 g/mol. The summed E-state index contributed by atoms with van der Waals surface area (Å²) in [5.41, 5.74) is -0.819. The standard InChI is InChI=1S/C18H28F3N5O2S/c1-17(2,24-29(4,27)28)13-23-16(22-3)26-10-8-25(9-11-26)15-7-5-6-14(12-15)18(19,20)21/h5-7,12,24H,8-11,13H2,1-4H3,(H,22,23). The highest BCUT2D eigenvalue weighted by atomic mass is 32.2. The Morgan fingerprint density at radius 1 is 1.17 bits per heavy atom. The average molecular weight is 436 g/mol. The molecule has 0 spiro atoms. The molecule has 1 saturated heterocycles. The lowest BCUT2D eigenvalue weighted by molar-refractivity contribution is -0.137. The van der Waals surface area contributed by atoms with E-state index < -0.39 is 27.3 Å². The number of guanidine groups is 1. The number of anilines is 1. The number of nitrogens with one attached hydrogen (secondary N) is 2. The summed E-state index contributed by atoms with van der Waals surface area (Å²) in [5.74, 6) is 0.622. The highest BCUT2D eigenvalue weighted by Gasteiger charge is 2.31. The predicted octanol–water partition coefficient (Wildman–Crippen LogP) is 1.73. The number of benzene rings is 1. The van der Waals surface area contributed by atoms with Crippen LogP contribution in [0.25, 0.3) is 0 Å². The minimum absolute atomic E-state index is 0.334. The number of piperazine rings is 1. The fourth-order valence-corrected chi connectivity index (χ4v) is 4.30. The molecule has 29 heavy (non-hydrogen) atoms. The summed E-state index contributed by atoms with van der Waals surface area (Å²) >= 11 is 0. The molecule has 0 aromatic heterocycles. The number of hydrogen-bond acceptors (Lipinski definition) is 4. The van der Waals surface area contributed by atoms with Crippen LogP contribution in [0.15, 0.2) is 29.3 Å². The van der Waals surface area contributed by atoms with Crippen LogP contribution in [0.1, 0.15) is 19.4 Å². The Hall–Kier alpha value is -2.01. The highest BCUT2D eigenvalue weighted by molar-refractivity contribution is 7.88. The van der Waals surface area contributed by atoms with Crippen molar-refractivity contribution in [2.24, 2.45) is 4.99 Å². The Bertz CT molecular complexity index is 832. The van der Waals surface area contributed by atoms with Crippen molar-refractivity contribution in [1.82, 2.24) is 14.9 Å². The van der Waals surface area contributed by atoms with Crippen molar-refractivity contribution in [3.63, 3.8) is 0 Å². The summed E-state index contributed by atoms with van der Waals surface area (Å²) in [6.07, 6.45) is -3.26. The van der Waals surface area contributed by atoms with Crippen LogP contribution >= 0.6 is 0 Å². The number of sulfonamides is 1. The van der Waals surface area contributed by atoms with E-state index in [1.807, 2.05) is 9.80 Å². The molecule has 164 valence electrons. The minimum atomic E-state index is -4.36. The lowest BCUT2D eigenvalue weighted by Gasteiger charge is -2.38. The second-order valence-corrected chi connectivity index (χ2v) is 9.43. The van der Waals surface area contributed by atoms with Gasteiger partial charge in [-0.05, 0) is 32.0 Å². The number of halogens is 3. The van der Waals surface area contributed by atoms with Crippen LogP contribution in [0.5, 0.6) is 0 Å². The van der Waals surface area contributed by atoms with Gasteiger partial charge < -0.3 is 15.1 Å². The number of rotatable bonds is 5. The zero-order chi connectivity index (χ0) is 21.9. The van der Waals surface area contributed by atoms with Crippen LogP contribution in [0.2, 0.25) is 0 Å². The van der Waals surface area contributed by atoms with Gasteiger partial charge >= 0.3 is 6.18 Å². The molecule has 2 N–H and O–H groups in total. The van der Waals surface area contributed by atoms with Crippen molar-refractivity contribution in [2.45, 2.75) is 25.6 Å². The van der Waals surface area contributed by atoms with Crippen LogP contribution in [-0.2, 0) is 16.2 Å². The van der Waals surface area contributed by atoms with Gasteiger partial charge in [-0.15, -0.1) is 0 Å². The number of alkyl halides is 3. The molecule has 0 atom stereocenters. The first kappa shape index (κ1) is 23.3. The molecule has 1 aromatic rings. The lowest BCUT2D eigenvalue weighted by atomic mass is 10.1. The first-order valence-corrected chi connectivity index (χ1v) is 11.1. The first-order valence-electron chi connectivity index (χ1n) is 9.17. The van der Waals surface area contributed by atoms with Gasteiger partial charge in [-0.3, -0.25) is 4.99 Å². The number of hydrogen-bond donors (Lipinski definition) is 2. The summed E-state index contributed by atoms with van der Waals surface area (Å²) in [6.45, 7) is 6.12. The van der Waals surface area contributed by atoms with E-state index in [9.17, 15) is 21.6 Å². The molecule has 0 saturated carbocycles. The Morgan fingerprint density at radius 3 is 2.31 bits per heavy atom. The van der Waals surface area contributed by atoms with Crippen molar-refractivity contribution in [1.29, 1.82) is 0 Å². The van der Waals surface area contributed by atoms with Crippen molar-refractivity contribution in [3.05, 3.63) is 29.8 Å². The molecule has 0 amide bonds. The molecule has 0 radical (unpaired) electrons. The molecule has 1 heterocycles. The second kappa shape index (κ2) is 8.78. The van der Waals surface area contributed by atoms with E-state index in [1.54, 1.807) is 27.0 Å². The van der Waals surface area contributed by atoms with E-state index in [4.69, 9.17) is 0 Å². The number of aliphatic imine (C=N–C) groups is 1. The second-order valence-electron chi connectivity index (χ2n) is 7.68. The summed E-state index contributed by atoms with van der Waals surface area (Å²) in [6, 6.07) is 5.33. The van der Waals surface area contributed by atoms with Gasteiger partial charge in [0.05, 0.1) is 11.8 Å². The minimum Gasteiger partial charge on any atom is -0.368 e. The van der Waals surface area contributed by atoms with Crippen molar-refractivity contribution in [3.8, 4) is 0 Å². The third kappa shape index (κ3) is 7.07. The molecule has 1 aromatic carbocycles. The lowest BCUT2D eigenvalue weighted by Crippen LogP contribution is -2.56. The monoisotopic (exact) mass is 435 g/mol. The van der Waals surface area contributed by atoms with Crippen molar-refractivity contribution >= 4 is 21.7 Å². The SMILES string of the molecule is CN=C(NCC(C)(C)NS(C)(=O)=O)N1CCN(c2cccc(C(F)(F)F)c2)CC1. The fourth-order valence-electron chi connectivity index (χ4n) is 3.23. The van der Waals surface area contributed by atoms with E-state index >= 15 is 0 Å². The van der Waals surface area contributed by atoms with Gasteiger partial charge in [0.2, 0.25) is 10.0 Å². The van der Waals surface area contributed by atoms with Gasteiger partial charge in [-0.2, -0.15) is 13.2 Å². The molecule has 7 nitrogen and oxygen atoms in total. The maximum absolute atomic E-state index is 12.9. The zero-order valence-electron chi connectivity index (χ0n) is 17.0. The number of nitrogens with zero attached hydrogens (tertiary/aromatic N) is 3. The molecule has 1 aliphatic rings. The van der Waals surface area contributed by atoms with E-state index in [1.165, 1.54) is 12.1 Å². The first-order chi connectivity index (χ1) is 13.3. The third-order valence-electron chi connectivity index (χ3n) is 4.48. The summed E-state index contributed by atoms with van der Waals surface area (Å²) in [5, 5.41) is 3.17.